The number of quaternary nitrogens is 1. The van der Waals surface area contributed by atoms with E-state index in [1.807, 2.05) is 44.4 Å². The van der Waals surface area contributed by atoms with Gasteiger partial charge in [0, 0.05) is 6.54 Å². The summed E-state index contributed by atoms with van der Waals surface area (Å²) in [6.45, 7) is 2.32. The first-order valence-corrected chi connectivity index (χ1v) is 10.3. The molecule has 0 saturated heterocycles. The monoisotopic (exact) mass is 399 g/mol. The number of nitrogens with two attached hydrogens (primary N) is 1. The lowest BCUT2D eigenvalue weighted by atomic mass is 10.1. The summed E-state index contributed by atoms with van der Waals surface area (Å²) < 4.78 is 2.97. The third-order valence-corrected chi connectivity index (χ3v) is 6.11. The summed E-state index contributed by atoms with van der Waals surface area (Å²) in [6.07, 6.45) is 4.52. The first-order valence-electron chi connectivity index (χ1n) is 10.3. The molecule has 156 valence electrons. The molecule has 0 aliphatic heterocycles. The molecule has 29 heavy (non-hydrogen) atoms. The van der Waals surface area contributed by atoms with Crippen molar-refractivity contribution >= 4 is 11.6 Å². The summed E-state index contributed by atoms with van der Waals surface area (Å²) in [5.74, 6) is -0.335. The molecule has 7 nitrogen and oxygen atoms in total. The Kier molecular flexibility index (Phi) is 6.07. The second kappa shape index (κ2) is 8.37. The van der Waals surface area contributed by atoms with Crippen molar-refractivity contribution in [2.24, 2.45) is 0 Å². The number of carbonyl (C=O) groups excluding carboxylic acids is 1. The van der Waals surface area contributed by atoms with E-state index in [9.17, 15) is 14.4 Å². The van der Waals surface area contributed by atoms with E-state index >= 15 is 0 Å². The van der Waals surface area contributed by atoms with Crippen LogP contribution in [0.15, 0.2) is 39.9 Å². The van der Waals surface area contributed by atoms with Crippen LogP contribution >= 0.6 is 0 Å². The number of hydrogen-bond donors (Lipinski definition) is 1. The van der Waals surface area contributed by atoms with Gasteiger partial charge in [0.1, 0.15) is 17.9 Å². The average molecular weight is 400 g/mol. The molecule has 0 amide bonds. The molecular weight excluding hydrogens is 368 g/mol. The highest BCUT2D eigenvalue weighted by atomic mass is 16.2. The molecule has 2 aromatic rings. The molecular formula is C22H31N4O3+. The van der Waals surface area contributed by atoms with Gasteiger partial charge in [-0.1, -0.05) is 30.3 Å². The zero-order valence-electron chi connectivity index (χ0n) is 17.6. The number of rotatable bonds is 7. The van der Waals surface area contributed by atoms with E-state index in [0.29, 0.717) is 10.5 Å². The maximum Gasteiger partial charge on any atom is 0.332 e. The van der Waals surface area contributed by atoms with Crippen LogP contribution in [0, 0.1) is 0 Å². The van der Waals surface area contributed by atoms with Crippen LogP contribution in [-0.2, 0) is 13.1 Å². The topological polar surface area (TPSA) is 87.1 Å². The van der Waals surface area contributed by atoms with Crippen molar-refractivity contribution in [3.05, 3.63) is 62.3 Å². The van der Waals surface area contributed by atoms with Crippen molar-refractivity contribution < 1.29 is 9.28 Å². The fourth-order valence-electron chi connectivity index (χ4n) is 4.36. The molecule has 0 unspecified atom stereocenters. The summed E-state index contributed by atoms with van der Waals surface area (Å²) in [6, 6.07) is 9.81. The maximum atomic E-state index is 13.2. The van der Waals surface area contributed by atoms with E-state index in [-0.39, 0.29) is 36.8 Å². The zero-order chi connectivity index (χ0) is 21.2. The number of carbonyl (C=O) groups is 1. The quantitative estimate of drug-likeness (QED) is 0.569. The summed E-state index contributed by atoms with van der Waals surface area (Å²) in [5, 5.41) is 0. The molecule has 1 saturated carbocycles. The Labute approximate surface area is 171 Å². The molecule has 3 rings (SSSR count). The summed E-state index contributed by atoms with van der Waals surface area (Å²) in [7, 11) is 4.06. The zero-order valence-corrected chi connectivity index (χ0v) is 17.6. The van der Waals surface area contributed by atoms with E-state index in [1.54, 1.807) is 6.92 Å². The Balaban J connectivity index is 2.03. The van der Waals surface area contributed by atoms with E-state index in [1.165, 1.54) is 17.4 Å². The van der Waals surface area contributed by atoms with E-state index in [0.717, 1.165) is 23.0 Å². The highest BCUT2D eigenvalue weighted by molar-refractivity contribution is 6.00. The number of ketones is 1. The van der Waals surface area contributed by atoms with Crippen molar-refractivity contribution in [3.63, 3.8) is 0 Å². The fraction of sp³-hybridized carbons (Fsp3) is 0.500. The largest absolute Gasteiger partial charge is 0.384 e. The first-order chi connectivity index (χ1) is 13.8. The molecule has 1 fully saturated rings. The molecule has 1 aromatic carbocycles. The first kappa shape index (κ1) is 21.0. The van der Waals surface area contributed by atoms with Gasteiger partial charge in [-0.2, -0.15) is 0 Å². The van der Waals surface area contributed by atoms with Crippen LogP contribution in [0.1, 0.15) is 48.5 Å². The number of likely N-dealkylation sites (N-methyl/N-ethyl adjacent to an activating group) is 1. The van der Waals surface area contributed by atoms with Crippen LogP contribution in [0.25, 0.3) is 0 Å². The van der Waals surface area contributed by atoms with Gasteiger partial charge in [-0.15, -0.1) is 0 Å². The number of aromatic nitrogens is 2. The van der Waals surface area contributed by atoms with Crippen molar-refractivity contribution in [1.29, 1.82) is 0 Å². The number of nitrogen functional groups attached to an aromatic ring is 1. The summed E-state index contributed by atoms with van der Waals surface area (Å²) in [5.41, 5.74) is 5.99. The lowest BCUT2D eigenvalue weighted by molar-refractivity contribution is -0.906. The summed E-state index contributed by atoms with van der Waals surface area (Å²) >= 11 is 0. The van der Waals surface area contributed by atoms with E-state index in [4.69, 9.17) is 5.73 Å². The SMILES string of the molecule is CCn1c(=O)c(C(=O)C[N+](C)(C)C2CCCC2)c(N)n(Cc2ccccc2)c1=O. The Hall–Kier alpha value is -2.67. The normalized spacial score (nSPS) is 15.0. The second-order valence-electron chi connectivity index (χ2n) is 8.46. The third-order valence-electron chi connectivity index (χ3n) is 6.11. The minimum absolute atomic E-state index is 0.0371. The molecule has 2 N–H and O–H groups in total. The lowest BCUT2D eigenvalue weighted by Gasteiger charge is -2.35. The average Bonchev–Trinajstić information content (AvgIpc) is 3.22. The highest BCUT2D eigenvalue weighted by Crippen LogP contribution is 2.27. The molecule has 0 bridgehead atoms. The van der Waals surface area contributed by atoms with Gasteiger partial charge in [0.05, 0.1) is 26.7 Å². The maximum absolute atomic E-state index is 13.2. The number of nitrogens with zero attached hydrogens (tertiary/aromatic N) is 3. The van der Waals surface area contributed by atoms with Crippen molar-refractivity contribution in [2.75, 3.05) is 26.4 Å². The molecule has 0 spiro atoms. The van der Waals surface area contributed by atoms with Crippen LogP contribution in [0.5, 0.6) is 0 Å². The van der Waals surface area contributed by atoms with E-state index < -0.39 is 11.2 Å². The van der Waals surface area contributed by atoms with Gasteiger partial charge in [-0.05, 0) is 38.2 Å². The molecule has 0 atom stereocenters. The number of anilines is 1. The van der Waals surface area contributed by atoms with Crippen LogP contribution in [0.3, 0.4) is 0 Å². The Morgan fingerprint density at radius 1 is 1.10 bits per heavy atom. The summed E-state index contributed by atoms with van der Waals surface area (Å²) in [4.78, 5) is 39.0. The molecule has 1 aliphatic rings. The molecule has 1 aromatic heterocycles. The number of hydrogen-bond acceptors (Lipinski definition) is 4. The van der Waals surface area contributed by atoms with Gasteiger partial charge in [0.15, 0.2) is 0 Å². The molecule has 1 heterocycles. The third kappa shape index (κ3) is 4.19. The van der Waals surface area contributed by atoms with Crippen molar-refractivity contribution in [2.45, 2.75) is 51.7 Å². The van der Waals surface area contributed by atoms with Crippen molar-refractivity contribution in [3.8, 4) is 0 Å². The molecule has 7 heteroatoms. The van der Waals surface area contributed by atoms with Crippen LogP contribution in [0.2, 0.25) is 0 Å². The van der Waals surface area contributed by atoms with Crippen molar-refractivity contribution in [1.82, 2.24) is 9.13 Å². The lowest BCUT2D eigenvalue weighted by Crippen LogP contribution is -2.52. The van der Waals surface area contributed by atoms with Gasteiger partial charge in [0.25, 0.3) is 5.56 Å². The van der Waals surface area contributed by atoms with Crippen LogP contribution in [0.4, 0.5) is 5.82 Å². The smallest absolute Gasteiger partial charge is 0.332 e. The van der Waals surface area contributed by atoms with Gasteiger partial charge in [-0.25, -0.2) is 4.79 Å². The Morgan fingerprint density at radius 3 is 2.31 bits per heavy atom. The van der Waals surface area contributed by atoms with E-state index in [2.05, 4.69) is 0 Å². The van der Waals surface area contributed by atoms with Crippen LogP contribution < -0.4 is 17.0 Å². The molecule has 1 aliphatic carbocycles. The Morgan fingerprint density at radius 2 is 1.72 bits per heavy atom. The van der Waals surface area contributed by atoms with Crippen LogP contribution in [-0.4, -0.2) is 46.1 Å². The highest BCUT2D eigenvalue weighted by Gasteiger charge is 2.35. The standard InChI is InChI=1S/C22H30N4O3/c1-4-24-21(28)19(18(27)15-26(2,3)17-12-8-9-13-17)20(23)25(22(24)29)14-16-10-6-5-7-11-16/h5-7,10-11,17H,4,8-9,12-15H2,1-3H3,(H-,23,27,28)/p+1. The number of benzene rings is 1. The fourth-order valence-corrected chi connectivity index (χ4v) is 4.36. The second-order valence-corrected chi connectivity index (χ2v) is 8.46. The Bertz CT molecular complexity index is 999. The minimum Gasteiger partial charge on any atom is -0.384 e. The predicted octanol–water partition coefficient (Wildman–Crippen LogP) is 1.86. The van der Waals surface area contributed by atoms with Gasteiger partial charge in [0.2, 0.25) is 5.78 Å². The number of Topliss-reactive ketones (excluding diaryl/α,β-unsaturated/α-hetero) is 1. The van der Waals surface area contributed by atoms with Gasteiger partial charge in [-0.3, -0.25) is 18.7 Å². The van der Waals surface area contributed by atoms with Gasteiger partial charge >= 0.3 is 5.69 Å². The van der Waals surface area contributed by atoms with Gasteiger partial charge < -0.3 is 10.2 Å². The predicted molar refractivity (Wildman–Crippen MR) is 114 cm³/mol. The molecule has 0 radical (unpaired) electrons. The minimum atomic E-state index is -0.587.